The molecule has 0 amide bonds. The van der Waals surface area contributed by atoms with E-state index in [9.17, 15) is 10.1 Å². The number of nitrogens with zero attached hydrogens (tertiary/aromatic N) is 1. The Kier molecular flexibility index (Phi) is 6.27. The molecule has 1 aliphatic rings. The van der Waals surface area contributed by atoms with Crippen LogP contribution < -0.4 is 5.32 Å². The van der Waals surface area contributed by atoms with Crippen molar-refractivity contribution in [3.05, 3.63) is 139 Å². The maximum atomic E-state index is 11.8. The van der Waals surface area contributed by atoms with E-state index in [1.807, 2.05) is 72.8 Å². The molecule has 4 aromatic carbocycles. The van der Waals surface area contributed by atoms with Gasteiger partial charge >= 0.3 is 0 Å². The number of hydrogen-bond donors (Lipinski definition) is 1. The maximum Gasteiger partial charge on any atom is 0.292 e. The number of rotatable bonds is 6. The summed E-state index contributed by atoms with van der Waals surface area (Å²) in [4.78, 5) is 11.5. The molecule has 0 atom stereocenters. The number of anilines is 1. The second-order valence-corrected chi connectivity index (χ2v) is 9.46. The summed E-state index contributed by atoms with van der Waals surface area (Å²) in [5, 5.41) is 16.6. The molecule has 6 heteroatoms. The Bertz CT molecular complexity index is 1270. The molecule has 0 saturated heterocycles. The first kappa shape index (κ1) is 22.5. The fraction of sp³-hybridized carbons (Fsp3) is 0.143. The van der Waals surface area contributed by atoms with Gasteiger partial charge in [-0.3, -0.25) is 10.1 Å². The summed E-state index contributed by atoms with van der Waals surface area (Å²) in [6.45, 7) is 0. The summed E-state index contributed by atoms with van der Waals surface area (Å²) >= 11 is 12.3. The van der Waals surface area contributed by atoms with Crippen LogP contribution in [-0.2, 0) is 12.8 Å². The van der Waals surface area contributed by atoms with Crippen LogP contribution in [-0.4, -0.2) is 11.0 Å². The number of nitro benzene ring substituents is 1. The molecule has 0 bridgehead atoms. The van der Waals surface area contributed by atoms with E-state index in [2.05, 4.69) is 17.4 Å². The molecule has 0 aliphatic heterocycles. The summed E-state index contributed by atoms with van der Waals surface area (Å²) in [5.41, 5.74) is 6.23. The Hall–Kier alpha value is -3.34. The van der Waals surface area contributed by atoms with Gasteiger partial charge < -0.3 is 5.32 Å². The Morgan fingerprint density at radius 2 is 1.26 bits per heavy atom. The Morgan fingerprint density at radius 3 is 1.76 bits per heavy atom. The fourth-order valence-electron chi connectivity index (χ4n) is 4.78. The smallest absolute Gasteiger partial charge is 0.292 e. The van der Waals surface area contributed by atoms with Crippen molar-refractivity contribution in [2.75, 3.05) is 5.32 Å². The third kappa shape index (κ3) is 4.65. The lowest BCUT2D eigenvalue weighted by molar-refractivity contribution is -0.384. The Morgan fingerprint density at radius 1 is 0.765 bits per heavy atom. The first-order chi connectivity index (χ1) is 16.5. The number of fused-ring (bicyclic) bond motifs is 1. The zero-order valence-corrected chi connectivity index (χ0v) is 19.8. The second-order valence-electron chi connectivity index (χ2n) is 8.59. The molecule has 0 aromatic heterocycles. The van der Waals surface area contributed by atoms with Gasteiger partial charge in [0.05, 0.1) is 4.92 Å². The van der Waals surface area contributed by atoms with Gasteiger partial charge in [-0.2, -0.15) is 0 Å². The van der Waals surface area contributed by atoms with Crippen molar-refractivity contribution >= 4 is 34.6 Å². The van der Waals surface area contributed by atoms with Gasteiger partial charge in [0.15, 0.2) is 0 Å². The van der Waals surface area contributed by atoms with Crippen LogP contribution in [0.2, 0.25) is 10.0 Å². The molecule has 0 fully saturated rings. The molecule has 0 heterocycles. The van der Waals surface area contributed by atoms with E-state index in [1.165, 1.54) is 11.1 Å². The monoisotopic (exact) mass is 488 g/mol. The van der Waals surface area contributed by atoms with Crippen molar-refractivity contribution in [1.29, 1.82) is 0 Å². The zero-order valence-electron chi connectivity index (χ0n) is 18.2. The number of nitrogens with one attached hydrogen (secondary N) is 1. The standard InChI is InChI=1S/C28H22Cl2N2O2/c29-23-10-5-18(6-11-23)28(19-7-12-24(30)13-8-19)22-9-14-27(32(33)34)26(17-22)31-25-15-20-3-1-2-4-21(20)16-25/h1-14,17,25,28,31H,15-16H2. The Labute approximate surface area is 208 Å². The van der Waals surface area contributed by atoms with Crippen molar-refractivity contribution in [3.63, 3.8) is 0 Å². The van der Waals surface area contributed by atoms with Crippen molar-refractivity contribution in [2.45, 2.75) is 24.8 Å². The molecule has 170 valence electrons. The van der Waals surface area contributed by atoms with Crippen LogP contribution in [0, 0.1) is 10.1 Å². The molecule has 0 unspecified atom stereocenters. The van der Waals surface area contributed by atoms with E-state index in [1.54, 1.807) is 6.07 Å². The van der Waals surface area contributed by atoms with E-state index in [4.69, 9.17) is 23.2 Å². The number of hydrogen-bond acceptors (Lipinski definition) is 3. The SMILES string of the molecule is O=[N+]([O-])c1ccc(C(c2ccc(Cl)cc2)c2ccc(Cl)cc2)cc1NC1Cc2ccccc2C1. The minimum absolute atomic E-state index is 0.0747. The Balaban J connectivity index is 1.55. The van der Waals surface area contributed by atoms with Gasteiger partial charge in [0, 0.05) is 28.1 Å². The molecule has 0 spiro atoms. The summed E-state index contributed by atoms with van der Waals surface area (Å²) in [7, 11) is 0. The lowest BCUT2D eigenvalue weighted by Crippen LogP contribution is -2.20. The molecular formula is C28H22Cl2N2O2. The average Bonchev–Trinajstić information content (AvgIpc) is 3.24. The molecule has 4 nitrogen and oxygen atoms in total. The van der Waals surface area contributed by atoms with Gasteiger partial charge in [0.1, 0.15) is 5.69 Å². The maximum absolute atomic E-state index is 11.8. The van der Waals surface area contributed by atoms with Gasteiger partial charge in [0.25, 0.3) is 5.69 Å². The van der Waals surface area contributed by atoms with Gasteiger partial charge in [-0.05, 0) is 71.0 Å². The normalized spacial score (nSPS) is 13.1. The van der Waals surface area contributed by atoms with Gasteiger partial charge in [0.2, 0.25) is 0 Å². The van der Waals surface area contributed by atoms with Crippen LogP contribution in [0.5, 0.6) is 0 Å². The van der Waals surface area contributed by atoms with Crippen molar-refractivity contribution in [1.82, 2.24) is 0 Å². The molecule has 0 radical (unpaired) electrons. The number of benzene rings is 4. The summed E-state index contributed by atoms with van der Waals surface area (Å²) in [6.07, 6.45) is 1.69. The van der Waals surface area contributed by atoms with E-state index < -0.39 is 0 Å². The van der Waals surface area contributed by atoms with Crippen LogP contribution in [0.15, 0.2) is 91.0 Å². The molecule has 34 heavy (non-hydrogen) atoms. The van der Waals surface area contributed by atoms with Crippen LogP contribution in [0.25, 0.3) is 0 Å². The number of nitro groups is 1. The van der Waals surface area contributed by atoms with Crippen molar-refractivity contribution in [3.8, 4) is 0 Å². The summed E-state index contributed by atoms with van der Waals surface area (Å²) in [5.74, 6) is -0.128. The topological polar surface area (TPSA) is 55.2 Å². The summed E-state index contributed by atoms with van der Waals surface area (Å²) < 4.78 is 0. The largest absolute Gasteiger partial charge is 0.376 e. The van der Waals surface area contributed by atoms with Gasteiger partial charge in [-0.15, -0.1) is 0 Å². The van der Waals surface area contributed by atoms with Gasteiger partial charge in [-0.25, -0.2) is 0 Å². The second kappa shape index (κ2) is 9.49. The highest BCUT2D eigenvalue weighted by Gasteiger charge is 2.26. The lowest BCUT2D eigenvalue weighted by atomic mass is 9.85. The van der Waals surface area contributed by atoms with Crippen molar-refractivity contribution in [2.24, 2.45) is 0 Å². The van der Waals surface area contributed by atoms with E-state index in [-0.39, 0.29) is 22.6 Å². The lowest BCUT2D eigenvalue weighted by Gasteiger charge is -2.21. The van der Waals surface area contributed by atoms with E-state index in [0.29, 0.717) is 15.7 Å². The molecule has 1 N–H and O–H groups in total. The molecule has 5 rings (SSSR count). The highest BCUT2D eigenvalue weighted by Crippen LogP contribution is 2.38. The highest BCUT2D eigenvalue weighted by atomic mass is 35.5. The quantitative estimate of drug-likeness (QED) is 0.172. The van der Waals surface area contributed by atoms with Gasteiger partial charge in [-0.1, -0.05) is 77.8 Å². The van der Waals surface area contributed by atoms with Crippen molar-refractivity contribution < 1.29 is 4.92 Å². The first-order valence-corrected chi connectivity index (χ1v) is 11.9. The first-order valence-electron chi connectivity index (χ1n) is 11.1. The third-order valence-corrected chi connectivity index (χ3v) is 6.87. The molecule has 0 saturated carbocycles. The minimum Gasteiger partial charge on any atom is -0.376 e. The van der Waals surface area contributed by atoms with E-state index >= 15 is 0 Å². The predicted octanol–water partition coefficient (Wildman–Crippen LogP) is 7.66. The molecular weight excluding hydrogens is 467 g/mol. The van der Waals surface area contributed by atoms with Crippen LogP contribution in [0.1, 0.15) is 33.7 Å². The highest BCUT2D eigenvalue weighted by molar-refractivity contribution is 6.30. The van der Waals surface area contributed by atoms with Crippen LogP contribution in [0.3, 0.4) is 0 Å². The number of halogens is 2. The third-order valence-electron chi connectivity index (χ3n) is 6.37. The summed E-state index contributed by atoms with van der Waals surface area (Å²) in [6, 6.07) is 29.2. The predicted molar refractivity (Wildman–Crippen MR) is 138 cm³/mol. The minimum atomic E-state index is -0.326. The molecule has 1 aliphatic carbocycles. The van der Waals surface area contributed by atoms with E-state index in [0.717, 1.165) is 29.5 Å². The average molecular weight is 489 g/mol. The van der Waals surface area contributed by atoms with Crippen LogP contribution >= 0.6 is 23.2 Å². The fourth-order valence-corrected chi connectivity index (χ4v) is 5.03. The van der Waals surface area contributed by atoms with Crippen LogP contribution in [0.4, 0.5) is 11.4 Å². The zero-order chi connectivity index (χ0) is 23.7. The molecule has 4 aromatic rings.